The summed E-state index contributed by atoms with van der Waals surface area (Å²) < 4.78 is 0. The Kier molecular flexibility index (Phi) is 4.71. The number of amides is 2. The highest BCUT2D eigenvalue weighted by Crippen LogP contribution is 2.20. The molecule has 23 heavy (non-hydrogen) atoms. The van der Waals surface area contributed by atoms with Crippen LogP contribution in [0.5, 0.6) is 0 Å². The highest BCUT2D eigenvalue weighted by molar-refractivity contribution is 7.13. The van der Waals surface area contributed by atoms with Crippen molar-refractivity contribution in [2.24, 2.45) is 0 Å². The van der Waals surface area contributed by atoms with Crippen molar-refractivity contribution < 1.29 is 9.59 Å². The average molecular weight is 329 g/mol. The summed E-state index contributed by atoms with van der Waals surface area (Å²) in [5.41, 5.74) is 0.985. The maximum absolute atomic E-state index is 12.8. The first kappa shape index (κ1) is 15.7. The molecular weight excluding hydrogens is 310 g/mol. The zero-order chi connectivity index (χ0) is 16.2. The molecule has 0 spiro atoms. The second kappa shape index (κ2) is 6.91. The van der Waals surface area contributed by atoms with Crippen molar-refractivity contribution in [1.82, 2.24) is 15.2 Å². The second-order valence-electron chi connectivity index (χ2n) is 5.76. The monoisotopic (exact) mass is 329 g/mol. The number of pyridine rings is 1. The van der Waals surface area contributed by atoms with Gasteiger partial charge < -0.3 is 10.2 Å². The van der Waals surface area contributed by atoms with Gasteiger partial charge in [-0.25, -0.2) is 0 Å². The molecule has 2 aromatic heterocycles. The Morgan fingerprint density at radius 3 is 2.91 bits per heavy atom. The fourth-order valence-corrected chi connectivity index (χ4v) is 3.55. The minimum atomic E-state index is 0.00750. The van der Waals surface area contributed by atoms with E-state index in [0.717, 1.165) is 21.7 Å². The first-order valence-electron chi connectivity index (χ1n) is 7.66. The fourth-order valence-electron chi connectivity index (χ4n) is 2.72. The number of aryl methyl sites for hydroxylation is 1. The van der Waals surface area contributed by atoms with Crippen LogP contribution in [0.4, 0.5) is 0 Å². The molecule has 0 radical (unpaired) electrons. The Morgan fingerprint density at radius 2 is 2.30 bits per heavy atom. The molecule has 1 saturated heterocycles. The van der Waals surface area contributed by atoms with Crippen LogP contribution in [0, 0.1) is 6.92 Å². The molecule has 1 atom stereocenters. The van der Waals surface area contributed by atoms with Crippen LogP contribution in [0.25, 0.3) is 0 Å². The molecule has 2 aromatic rings. The quantitative estimate of drug-likeness (QED) is 0.916. The van der Waals surface area contributed by atoms with E-state index in [-0.39, 0.29) is 17.9 Å². The normalized spacial score (nSPS) is 17.1. The van der Waals surface area contributed by atoms with E-state index in [4.69, 9.17) is 0 Å². The molecule has 120 valence electrons. The van der Waals surface area contributed by atoms with Gasteiger partial charge in [0.25, 0.3) is 5.91 Å². The lowest BCUT2D eigenvalue weighted by Crippen LogP contribution is -2.41. The molecule has 2 amide bonds. The van der Waals surface area contributed by atoms with Crippen molar-refractivity contribution in [3.05, 3.63) is 52.0 Å². The number of thiophene rings is 1. The van der Waals surface area contributed by atoms with E-state index in [1.807, 2.05) is 31.2 Å². The molecule has 0 bridgehead atoms. The molecule has 5 nitrogen and oxygen atoms in total. The van der Waals surface area contributed by atoms with Crippen molar-refractivity contribution in [2.45, 2.75) is 32.4 Å². The van der Waals surface area contributed by atoms with E-state index in [2.05, 4.69) is 10.3 Å². The summed E-state index contributed by atoms with van der Waals surface area (Å²) in [6.45, 7) is 3.01. The molecule has 0 saturated carbocycles. The number of hydrogen-bond donors (Lipinski definition) is 1. The largest absolute Gasteiger partial charge is 0.352 e. The third-order valence-electron chi connectivity index (χ3n) is 3.86. The lowest BCUT2D eigenvalue weighted by atomic mass is 10.2. The molecule has 1 fully saturated rings. The number of carbonyl (C=O) groups is 2. The molecular formula is C17H19N3O2S. The van der Waals surface area contributed by atoms with Gasteiger partial charge in [-0.2, -0.15) is 0 Å². The van der Waals surface area contributed by atoms with Crippen LogP contribution in [0.1, 0.15) is 33.0 Å². The van der Waals surface area contributed by atoms with E-state index < -0.39 is 0 Å². The third-order valence-corrected chi connectivity index (χ3v) is 4.85. The summed E-state index contributed by atoms with van der Waals surface area (Å²) in [4.78, 5) is 32.0. The van der Waals surface area contributed by atoms with Crippen LogP contribution in [-0.2, 0) is 11.3 Å². The SMILES string of the molecule is Cc1ccc(C(=O)N(Cc2cccnc2)C[C@@H]2CCC(=O)N2)s1. The Bertz CT molecular complexity index is 699. The number of hydrogen-bond acceptors (Lipinski definition) is 4. The standard InChI is InChI=1S/C17H19N3O2S/c1-12-4-6-15(23-12)17(22)20(10-13-3-2-8-18-9-13)11-14-5-7-16(21)19-14/h2-4,6,8-9,14H,5,7,10-11H2,1H3,(H,19,21)/t14-/m0/s1. The highest BCUT2D eigenvalue weighted by atomic mass is 32.1. The minimum absolute atomic E-state index is 0.00750. The molecule has 3 rings (SSSR count). The number of rotatable bonds is 5. The number of carbonyl (C=O) groups excluding carboxylic acids is 2. The molecule has 3 heterocycles. The van der Waals surface area contributed by atoms with Gasteiger partial charge in [-0.15, -0.1) is 11.3 Å². The van der Waals surface area contributed by atoms with E-state index in [1.165, 1.54) is 11.3 Å². The van der Waals surface area contributed by atoms with Crippen molar-refractivity contribution in [2.75, 3.05) is 6.54 Å². The van der Waals surface area contributed by atoms with Crippen LogP contribution in [-0.4, -0.2) is 34.3 Å². The van der Waals surface area contributed by atoms with Crippen molar-refractivity contribution >= 4 is 23.2 Å². The summed E-state index contributed by atoms with van der Waals surface area (Å²) in [5.74, 6) is 0.0730. The topological polar surface area (TPSA) is 62.3 Å². The molecule has 1 aliphatic rings. The van der Waals surface area contributed by atoms with Gasteiger partial charge in [0.05, 0.1) is 4.88 Å². The van der Waals surface area contributed by atoms with Gasteiger partial charge in [0.15, 0.2) is 0 Å². The first-order valence-corrected chi connectivity index (χ1v) is 8.47. The minimum Gasteiger partial charge on any atom is -0.352 e. The van der Waals surface area contributed by atoms with Gasteiger partial charge in [-0.05, 0) is 37.1 Å². The average Bonchev–Trinajstić information content (AvgIpc) is 3.15. The predicted octanol–water partition coefficient (Wildman–Crippen LogP) is 2.37. The summed E-state index contributed by atoms with van der Waals surface area (Å²) in [5, 5.41) is 2.94. The lowest BCUT2D eigenvalue weighted by Gasteiger charge is -2.25. The fraction of sp³-hybridized carbons (Fsp3) is 0.353. The van der Waals surface area contributed by atoms with Crippen molar-refractivity contribution in [1.29, 1.82) is 0 Å². The number of nitrogens with zero attached hydrogens (tertiary/aromatic N) is 2. The second-order valence-corrected chi connectivity index (χ2v) is 7.05. The van der Waals surface area contributed by atoms with Gasteiger partial charge in [-0.3, -0.25) is 14.6 Å². The van der Waals surface area contributed by atoms with Crippen LogP contribution in [0.15, 0.2) is 36.7 Å². The van der Waals surface area contributed by atoms with Gasteiger partial charge in [0.2, 0.25) is 5.91 Å². The zero-order valence-corrected chi connectivity index (χ0v) is 13.8. The summed E-state index contributed by atoms with van der Waals surface area (Å²) in [6.07, 6.45) is 4.81. The van der Waals surface area contributed by atoms with Crippen molar-refractivity contribution in [3.8, 4) is 0 Å². The summed E-state index contributed by atoms with van der Waals surface area (Å²) in [6, 6.07) is 7.68. The lowest BCUT2D eigenvalue weighted by molar-refractivity contribution is -0.119. The molecule has 0 unspecified atom stereocenters. The van der Waals surface area contributed by atoms with E-state index in [9.17, 15) is 9.59 Å². The zero-order valence-electron chi connectivity index (χ0n) is 13.0. The molecule has 1 aliphatic heterocycles. The Balaban J connectivity index is 1.77. The maximum atomic E-state index is 12.8. The van der Waals surface area contributed by atoms with Crippen LogP contribution < -0.4 is 5.32 Å². The predicted molar refractivity (Wildman–Crippen MR) is 89.2 cm³/mol. The molecule has 6 heteroatoms. The van der Waals surface area contributed by atoms with Gasteiger partial charge in [-0.1, -0.05) is 6.07 Å². The van der Waals surface area contributed by atoms with Crippen LogP contribution >= 0.6 is 11.3 Å². The van der Waals surface area contributed by atoms with E-state index in [1.54, 1.807) is 17.3 Å². The highest BCUT2D eigenvalue weighted by Gasteiger charge is 2.26. The number of nitrogens with one attached hydrogen (secondary N) is 1. The summed E-state index contributed by atoms with van der Waals surface area (Å²) in [7, 11) is 0. The molecule has 1 N–H and O–H groups in total. The van der Waals surface area contributed by atoms with Crippen LogP contribution in [0.2, 0.25) is 0 Å². The molecule has 0 aliphatic carbocycles. The summed E-state index contributed by atoms with van der Waals surface area (Å²) >= 11 is 1.50. The molecule has 0 aromatic carbocycles. The van der Waals surface area contributed by atoms with Crippen molar-refractivity contribution in [3.63, 3.8) is 0 Å². The maximum Gasteiger partial charge on any atom is 0.264 e. The van der Waals surface area contributed by atoms with Gasteiger partial charge >= 0.3 is 0 Å². The van der Waals surface area contributed by atoms with E-state index >= 15 is 0 Å². The van der Waals surface area contributed by atoms with E-state index in [0.29, 0.717) is 19.5 Å². The van der Waals surface area contributed by atoms with Crippen LogP contribution in [0.3, 0.4) is 0 Å². The Labute approximate surface area is 139 Å². The number of aromatic nitrogens is 1. The van der Waals surface area contributed by atoms with Gasteiger partial charge in [0, 0.05) is 42.8 Å². The Morgan fingerprint density at radius 1 is 1.43 bits per heavy atom. The third kappa shape index (κ3) is 3.96. The van der Waals surface area contributed by atoms with Gasteiger partial charge in [0.1, 0.15) is 0 Å². The Hall–Kier alpha value is -2.21. The first-order chi connectivity index (χ1) is 11.1. The smallest absolute Gasteiger partial charge is 0.264 e.